The van der Waals surface area contributed by atoms with E-state index < -0.39 is 0 Å². The molecule has 7 rings (SSSR count). The zero-order valence-corrected chi connectivity index (χ0v) is 25.1. The maximum absolute atomic E-state index is 13.9. The van der Waals surface area contributed by atoms with Crippen molar-refractivity contribution in [1.29, 1.82) is 0 Å². The highest BCUT2D eigenvalue weighted by Crippen LogP contribution is 2.33. The van der Waals surface area contributed by atoms with Crippen LogP contribution in [0.15, 0.2) is 145 Å². The summed E-state index contributed by atoms with van der Waals surface area (Å²) in [7, 11) is 0. The Labute approximate surface area is 264 Å². The van der Waals surface area contributed by atoms with Gasteiger partial charge in [-0.25, -0.2) is 0 Å². The summed E-state index contributed by atoms with van der Waals surface area (Å²) < 4.78 is 12.3. The summed E-state index contributed by atoms with van der Waals surface area (Å²) in [4.78, 5) is 13.9. The van der Waals surface area contributed by atoms with E-state index in [0.717, 1.165) is 85.7 Å². The Morgan fingerprint density at radius 2 is 0.978 bits per heavy atom. The van der Waals surface area contributed by atoms with Crippen LogP contribution in [0.1, 0.15) is 41.5 Å². The Bertz CT molecular complexity index is 1890. The Hall–Kier alpha value is -5.41. The lowest BCUT2D eigenvalue weighted by Crippen LogP contribution is -2.12. The molecule has 0 heterocycles. The van der Waals surface area contributed by atoms with Gasteiger partial charge in [0, 0.05) is 11.1 Å². The van der Waals surface area contributed by atoms with Gasteiger partial charge >= 0.3 is 0 Å². The first-order valence-electron chi connectivity index (χ1n) is 15.5. The predicted molar refractivity (Wildman–Crippen MR) is 184 cm³/mol. The van der Waals surface area contributed by atoms with Crippen LogP contribution in [-0.4, -0.2) is 5.78 Å². The molecule has 6 aromatic carbocycles. The Balaban J connectivity index is 1.15. The normalized spacial score (nSPS) is 15.2. The molecule has 0 saturated heterocycles. The molecule has 0 unspecified atom stereocenters. The van der Waals surface area contributed by atoms with Crippen LogP contribution in [-0.2, 0) is 18.0 Å². The van der Waals surface area contributed by atoms with Gasteiger partial charge in [0.25, 0.3) is 0 Å². The molecule has 0 N–H and O–H groups in total. The average Bonchev–Trinajstić information content (AvgIpc) is 3.09. The zero-order valence-electron chi connectivity index (χ0n) is 25.1. The summed E-state index contributed by atoms with van der Waals surface area (Å²) in [6.45, 7) is 1.02. The van der Waals surface area contributed by atoms with Gasteiger partial charge < -0.3 is 9.47 Å². The Morgan fingerprint density at radius 1 is 0.511 bits per heavy atom. The first-order chi connectivity index (χ1) is 22.2. The minimum absolute atomic E-state index is 0.128. The van der Waals surface area contributed by atoms with E-state index in [1.54, 1.807) is 0 Å². The van der Waals surface area contributed by atoms with Crippen molar-refractivity contribution in [3.05, 3.63) is 167 Å². The number of carbonyl (C=O) groups excluding carboxylic acids is 1. The van der Waals surface area contributed by atoms with Crippen LogP contribution in [0.3, 0.4) is 0 Å². The van der Waals surface area contributed by atoms with Crippen molar-refractivity contribution in [2.24, 2.45) is 0 Å². The largest absolute Gasteiger partial charge is 0.489 e. The fraction of sp³-hybridized carbons (Fsp3) is 0.119. The van der Waals surface area contributed by atoms with Gasteiger partial charge in [-0.05, 0) is 99.5 Å². The molecular weight excluding hydrogens is 552 g/mol. The molecule has 0 atom stereocenters. The van der Waals surface area contributed by atoms with Gasteiger partial charge in [-0.2, -0.15) is 0 Å². The third kappa shape index (κ3) is 6.58. The molecule has 0 aromatic heterocycles. The van der Waals surface area contributed by atoms with Gasteiger partial charge in [0.1, 0.15) is 24.7 Å². The van der Waals surface area contributed by atoms with Crippen molar-refractivity contribution in [1.82, 2.24) is 0 Å². The molecule has 1 aliphatic rings. The fourth-order valence-electron chi connectivity index (χ4n) is 6.02. The van der Waals surface area contributed by atoms with Crippen molar-refractivity contribution < 1.29 is 14.3 Å². The van der Waals surface area contributed by atoms with Crippen LogP contribution in [0.2, 0.25) is 0 Å². The molecular formula is C42H34O3. The quantitative estimate of drug-likeness (QED) is 0.166. The lowest BCUT2D eigenvalue weighted by Gasteiger charge is -2.18. The number of benzene rings is 6. The molecule has 6 aromatic rings. The molecule has 1 fully saturated rings. The maximum atomic E-state index is 13.9. The molecule has 3 heteroatoms. The van der Waals surface area contributed by atoms with E-state index >= 15 is 0 Å². The smallest absolute Gasteiger partial charge is 0.185 e. The lowest BCUT2D eigenvalue weighted by atomic mass is 9.86. The van der Waals surface area contributed by atoms with Gasteiger partial charge in [0.2, 0.25) is 0 Å². The van der Waals surface area contributed by atoms with Crippen LogP contribution in [0.25, 0.3) is 33.7 Å². The first-order valence-corrected chi connectivity index (χ1v) is 15.5. The number of hydrogen-bond donors (Lipinski definition) is 0. The fourth-order valence-corrected chi connectivity index (χ4v) is 6.02. The third-order valence-electron chi connectivity index (χ3n) is 8.41. The van der Waals surface area contributed by atoms with Crippen LogP contribution in [0.4, 0.5) is 0 Å². The minimum Gasteiger partial charge on any atom is -0.489 e. The van der Waals surface area contributed by atoms with Crippen LogP contribution >= 0.6 is 0 Å². The minimum atomic E-state index is 0.128. The molecule has 0 amide bonds. The number of fused-ring (bicyclic) bond motifs is 2. The monoisotopic (exact) mass is 586 g/mol. The summed E-state index contributed by atoms with van der Waals surface area (Å²) in [6.07, 6.45) is 6.64. The first kappa shape index (κ1) is 28.4. The van der Waals surface area contributed by atoms with Gasteiger partial charge in [0.05, 0.1) is 0 Å². The number of ketones is 1. The second kappa shape index (κ2) is 13.1. The standard InChI is InChI=1S/C42H34O3/c43-42-36(24-34-16-7-14-32-20-22-38(26-40(32)34)44-28-30-10-3-1-4-11-30)18-9-19-37(42)25-35-17-8-15-33-21-23-39(27-41(33)35)45-29-31-12-5-2-6-13-31/h1-8,10-17,20-27H,9,18-19,28-29H2/b36-24+,37-25+. The average molecular weight is 587 g/mol. The third-order valence-corrected chi connectivity index (χ3v) is 8.41. The number of allylic oxidation sites excluding steroid dienone is 2. The van der Waals surface area contributed by atoms with E-state index in [2.05, 4.69) is 97.1 Å². The van der Waals surface area contributed by atoms with Gasteiger partial charge in [0.15, 0.2) is 5.78 Å². The highest BCUT2D eigenvalue weighted by molar-refractivity contribution is 6.15. The summed E-state index contributed by atoms with van der Waals surface area (Å²) in [5.74, 6) is 1.76. The van der Waals surface area contributed by atoms with Crippen molar-refractivity contribution >= 4 is 39.5 Å². The summed E-state index contributed by atoms with van der Waals surface area (Å²) in [5.41, 5.74) is 6.02. The molecule has 220 valence electrons. The van der Waals surface area contributed by atoms with Crippen molar-refractivity contribution in [2.75, 3.05) is 0 Å². The summed E-state index contributed by atoms with van der Waals surface area (Å²) >= 11 is 0. The number of rotatable bonds is 8. The number of Topliss-reactive ketones (excluding diaryl/α,β-unsaturated/α-hetero) is 1. The van der Waals surface area contributed by atoms with E-state index in [-0.39, 0.29) is 5.78 Å². The molecule has 1 aliphatic carbocycles. The van der Waals surface area contributed by atoms with E-state index in [9.17, 15) is 4.79 Å². The second-order valence-corrected chi connectivity index (χ2v) is 11.5. The Morgan fingerprint density at radius 3 is 1.44 bits per heavy atom. The molecule has 3 nitrogen and oxygen atoms in total. The molecule has 0 spiro atoms. The SMILES string of the molecule is O=C1/C(=C/c2cccc3ccc(OCc4ccccc4)cc23)CCC/C1=C\c1cccc2ccc(OCc3ccccc3)cc12. The number of carbonyl (C=O) groups is 1. The van der Waals surface area contributed by atoms with E-state index in [1.807, 2.05) is 48.5 Å². The van der Waals surface area contributed by atoms with Gasteiger partial charge in [-0.15, -0.1) is 0 Å². The Kier molecular flexibility index (Phi) is 8.24. The predicted octanol–water partition coefficient (Wildman–Crippen LogP) is 10.4. The highest BCUT2D eigenvalue weighted by Gasteiger charge is 2.21. The summed E-state index contributed by atoms with van der Waals surface area (Å²) in [6, 6.07) is 45.2. The van der Waals surface area contributed by atoms with Gasteiger partial charge in [-0.3, -0.25) is 4.79 Å². The second-order valence-electron chi connectivity index (χ2n) is 11.5. The molecule has 0 aliphatic heterocycles. The number of ether oxygens (including phenoxy) is 2. The maximum Gasteiger partial charge on any atom is 0.185 e. The van der Waals surface area contributed by atoms with Gasteiger partial charge in [-0.1, -0.05) is 109 Å². The highest BCUT2D eigenvalue weighted by atomic mass is 16.5. The molecule has 45 heavy (non-hydrogen) atoms. The van der Waals surface area contributed by atoms with Crippen LogP contribution in [0, 0.1) is 0 Å². The van der Waals surface area contributed by atoms with Crippen molar-refractivity contribution in [2.45, 2.75) is 32.5 Å². The van der Waals surface area contributed by atoms with Crippen LogP contribution in [0.5, 0.6) is 11.5 Å². The van der Waals surface area contributed by atoms with E-state index in [4.69, 9.17) is 9.47 Å². The van der Waals surface area contributed by atoms with Crippen molar-refractivity contribution in [3.63, 3.8) is 0 Å². The van der Waals surface area contributed by atoms with E-state index in [0.29, 0.717) is 13.2 Å². The number of hydrogen-bond acceptors (Lipinski definition) is 3. The van der Waals surface area contributed by atoms with E-state index in [1.165, 1.54) is 0 Å². The van der Waals surface area contributed by atoms with Crippen LogP contribution < -0.4 is 9.47 Å². The lowest BCUT2D eigenvalue weighted by molar-refractivity contribution is -0.112. The topological polar surface area (TPSA) is 35.5 Å². The van der Waals surface area contributed by atoms with Crippen molar-refractivity contribution in [3.8, 4) is 11.5 Å². The molecule has 0 bridgehead atoms. The summed E-state index contributed by atoms with van der Waals surface area (Å²) in [5, 5.41) is 4.40. The molecule has 1 saturated carbocycles. The molecule has 0 radical (unpaired) electrons. The zero-order chi connectivity index (χ0) is 30.4.